The predicted molar refractivity (Wildman–Crippen MR) is 442 cm³/mol. The number of carbonyl (C=O) groups is 9. The van der Waals surface area contributed by atoms with E-state index in [4.69, 9.17) is 50.3 Å². The van der Waals surface area contributed by atoms with Crippen LogP contribution < -0.4 is 18.9 Å². The van der Waals surface area contributed by atoms with Crippen LogP contribution in [0, 0.1) is 23.2 Å². The van der Waals surface area contributed by atoms with Crippen molar-refractivity contribution in [3.63, 3.8) is 0 Å². The monoisotopic (exact) mass is 1880 g/mol. The molecule has 0 heterocycles. The average Bonchev–Trinajstić information content (AvgIpc) is 1.33. The maximum Gasteiger partial charge on any atom is 0.367 e. The number of rotatable bonds is 28. The molecule has 0 saturated heterocycles. The number of benzene rings is 9. The van der Waals surface area contributed by atoms with Crippen LogP contribution >= 0.6 is 0 Å². The van der Waals surface area contributed by atoms with Crippen molar-refractivity contribution in [1.82, 2.24) is 0 Å². The highest BCUT2D eigenvalue weighted by Crippen LogP contribution is 2.59. The number of hydrogen-bond donors (Lipinski definition) is 0. The minimum absolute atomic E-state index is 0.0145. The van der Waals surface area contributed by atoms with Crippen LogP contribution in [0.1, 0.15) is 140 Å². The molecule has 9 aromatic rings. The fourth-order valence-corrected chi connectivity index (χ4v) is 15.8. The second-order valence-corrected chi connectivity index (χ2v) is 36.1. The van der Waals surface area contributed by atoms with Crippen molar-refractivity contribution >= 4 is 142 Å². The first-order chi connectivity index (χ1) is 61.4. The van der Waals surface area contributed by atoms with Gasteiger partial charge in [0.05, 0.1) is 42.4 Å². The topological polar surface area (TPSA) is 456 Å². The van der Waals surface area contributed by atoms with Gasteiger partial charge < -0.3 is 56.1 Å². The molecule has 4 saturated carbocycles. The number of esters is 8. The summed E-state index contributed by atoms with van der Waals surface area (Å²) in [6, 6.07) is 48.7. The third kappa shape index (κ3) is 22.7. The smallest absolute Gasteiger partial charge is 0.367 e. The molecular weight excluding hydrogens is 1820 g/mol. The van der Waals surface area contributed by atoms with E-state index < -0.39 is 175 Å². The van der Waals surface area contributed by atoms with Gasteiger partial charge in [-0.05, 0) is 137 Å². The largest absolute Gasteiger partial charge is 0.743 e. The summed E-state index contributed by atoms with van der Waals surface area (Å²) < 4.78 is 273. The Balaban J connectivity index is 0.000000169. The van der Waals surface area contributed by atoms with E-state index in [1.54, 1.807) is 97.1 Å². The molecule has 4 bridgehead atoms. The van der Waals surface area contributed by atoms with Crippen LogP contribution in [0.15, 0.2) is 194 Å². The lowest BCUT2D eigenvalue weighted by atomic mass is 9.49. The van der Waals surface area contributed by atoms with Gasteiger partial charge >= 0.3 is 68.8 Å². The molecule has 45 heteroatoms. The van der Waals surface area contributed by atoms with Crippen LogP contribution in [0.3, 0.4) is 0 Å². The SMILES string of the molecule is [B]Cc1ccc(C(=O)OCC(F)(F)S(=O)(=O)[O-])c(OC(=O)C23CC4CC(C2)C(=O)C(C4)C3)c1.[B]Cc1ccc(C(=O)OCC(F)(F)S(=O)(=O)[O-])c(OC(=O)C2C=Cc3ccccc32)c1.[B]Cc1ccc(C(=O)OCC(F)(F)S(=O)(=O)[O-])c(OC(=O)C2c3ccccc3-c3ccccc32)c1.[B]Cc1ccc(C(=O)OCC(F)(F)S(=O)(=O)[O-])c(OC(=O)c2cccc3ccccc23)c1. The number of ketones is 1. The zero-order valence-corrected chi connectivity index (χ0v) is 70.7. The number of hydrogen-bond acceptors (Lipinski definition) is 29. The Kier molecular flexibility index (Phi) is 30.2. The third-order valence-corrected chi connectivity index (χ3v) is 24.7. The molecule has 678 valence electrons. The third-order valence-electron chi connectivity index (χ3n) is 21.3. The molecule has 9 aromatic carbocycles. The summed E-state index contributed by atoms with van der Waals surface area (Å²) in [6.45, 7) is -7.96. The van der Waals surface area contributed by atoms with Crippen LogP contribution in [0.25, 0.3) is 28.0 Å². The fraction of sp³-hybridized carbons (Fsp3) is 0.267. The fourth-order valence-electron chi connectivity index (χ4n) is 15.0. The zero-order valence-electron chi connectivity index (χ0n) is 67.4. The van der Waals surface area contributed by atoms with Crippen molar-refractivity contribution in [2.45, 2.75) is 90.2 Å². The van der Waals surface area contributed by atoms with Crippen LogP contribution in [0.5, 0.6) is 23.0 Å². The number of fused-ring (bicyclic) bond motifs is 5. The van der Waals surface area contributed by atoms with Crippen molar-refractivity contribution in [2.24, 2.45) is 23.2 Å². The van der Waals surface area contributed by atoms with Crippen LogP contribution in [-0.4, -0.2) is 184 Å². The van der Waals surface area contributed by atoms with Gasteiger partial charge in [-0.3, -0.25) is 19.2 Å². The van der Waals surface area contributed by atoms with Crippen LogP contribution in [0.2, 0.25) is 0 Å². The quantitative estimate of drug-likeness (QED) is 0.0110. The maximum atomic E-state index is 13.4. The molecule has 29 nitrogen and oxygen atoms in total. The normalized spacial score (nSPS) is 17.2. The first-order valence-corrected chi connectivity index (χ1v) is 44.3. The Morgan fingerprint density at radius 2 is 0.725 bits per heavy atom. The number of Topliss-reactive ketones (excluding diaryl/α,β-unsaturated/α-hetero) is 1. The van der Waals surface area contributed by atoms with Gasteiger partial charge in [0.25, 0.3) is 0 Å². The summed E-state index contributed by atoms with van der Waals surface area (Å²) in [5, 5.41) is -17.9. The highest BCUT2D eigenvalue weighted by Gasteiger charge is 2.59. The predicted octanol–water partition coefficient (Wildman–Crippen LogP) is 10.7. The molecule has 0 spiro atoms. The van der Waals surface area contributed by atoms with E-state index in [2.05, 4.69) is 18.9 Å². The minimum atomic E-state index is -6.05. The van der Waals surface area contributed by atoms with Gasteiger partial charge in [-0.1, -0.05) is 193 Å². The van der Waals surface area contributed by atoms with E-state index in [1.165, 1.54) is 54.6 Å². The number of alkyl halides is 8. The summed E-state index contributed by atoms with van der Waals surface area (Å²) in [4.78, 5) is 114. The second kappa shape index (κ2) is 39.8. The van der Waals surface area contributed by atoms with Gasteiger partial charge in [0.2, 0.25) is 0 Å². The van der Waals surface area contributed by atoms with Gasteiger partial charge in [-0.15, -0.1) is 0 Å². The molecule has 8 radical (unpaired) electrons. The van der Waals surface area contributed by atoms with Gasteiger partial charge in [0, 0.05) is 11.8 Å². The van der Waals surface area contributed by atoms with Gasteiger partial charge in [-0.2, -0.15) is 35.1 Å². The molecule has 6 aliphatic rings. The lowest BCUT2D eigenvalue weighted by Gasteiger charge is -2.53. The first-order valence-electron chi connectivity index (χ1n) is 38.6. The molecule has 3 unspecified atom stereocenters. The first kappa shape index (κ1) is 99.3. The van der Waals surface area contributed by atoms with E-state index in [1.807, 2.05) is 24.3 Å². The summed E-state index contributed by atoms with van der Waals surface area (Å²) in [6.07, 6.45) is 6.22. The Morgan fingerprint density at radius 3 is 1.12 bits per heavy atom. The van der Waals surface area contributed by atoms with Crippen LogP contribution in [-0.2, 0) is 104 Å². The molecule has 3 atom stereocenters. The summed E-state index contributed by atoms with van der Waals surface area (Å²) in [5.41, 5.74) is 4.09. The van der Waals surface area contributed by atoms with Crippen LogP contribution in [0.4, 0.5) is 35.1 Å². The number of ether oxygens (including phenoxy) is 8. The summed E-state index contributed by atoms with van der Waals surface area (Å²) in [7, 11) is -1.80. The van der Waals surface area contributed by atoms with E-state index in [0.717, 1.165) is 59.2 Å². The van der Waals surface area contributed by atoms with E-state index in [0.29, 0.717) is 63.6 Å². The molecule has 0 aliphatic heterocycles. The number of carbonyl (C=O) groups excluding carboxylic acids is 9. The number of halogens is 8. The Labute approximate surface area is 746 Å². The molecule has 0 aromatic heterocycles. The molecule has 0 amide bonds. The minimum Gasteiger partial charge on any atom is -0.743 e. The van der Waals surface area contributed by atoms with Gasteiger partial charge in [0.1, 0.15) is 62.9 Å². The molecule has 4 fully saturated rings. The molecule has 15 rings (SSSR count). The summed E-state index contributed by atoms with van der Waals surface area (Å²) >= 11 is 0. The summed E-state index contributed by atoms with van der Waals surface area (Å²) in [5.74, 6) is -11.3. The van der Waals surface area contributed by atoms with Crippen molar-refractivity contribution in [2.75, 3.05) is 26.4 Å². The van der Waals surface area contributed by atoms with E-state index in [9.17, 15) is 130 Å². The van der Waals surface area contributed by atoms with E-state index >= 15 is 0 Å². The molecule has 131 heavy (non-hydrogen) atoms. The highest BCUT2D eigenvalue weighted by atomic mass is 32.2. The van der Waals surface area contributed by atoms with Gasteiger partial charge in [-0.25, -0.2) is 57.6 Å². The van der Waals surface area contributed by atoms with Crippen molar-refractivity contribution in [3.05, 3.63) is 266 Å². The highest BCUT2D eigenvalue weighted by molar-refractivity contribution is 7.87. The van der Waals surface area contributed by atoms with E-state index in [-0.39, 0.29) is 77.4 Å². The lowest BCUT2D eigenvalue weighted by molar-refractivity contribution is -0.167. The molecule has 6 aliphatic carbocycles. The maximum absolute atomic E-state index is 13.4. The zero-order chi connectivity index (χ0) is 95.9. The second-order valence-electron chi connectivity index (χ2n) is 30.1. The van der Waals surface area contributed by atoms with Gasteiger partial charge in [0.15, 0.2) is 66.9 Å². The van der Waals surface area contributed by atoms with Crippen molar-refractivity contribution in [3.8, 4) is 34.1 Å². The average molecular weight is 1880 g/mol. The standard InChI is InChI=1S/C24H17BF2O7S.C21H21BF2O8S.C21H15BF2O7S.C20H15BF2O7S/c25-12-14-9-10-19(22(28)33-13-24(26,27)35(30,31)32)20(11-14)34-23(29)21-17-7-3-1-5-15(17)16-6-2-4-8-18(16)21;22-9-11-1-2-15(18(26)31-10-21(23,24)33(28,29)30)16(5-11)32-19(27)20-6-12-3-13(7-20)17(25)14(4-12)8-20;22-11-13-8-9-17(19(25)30-12-21(23,24)32(27,28)29)18(10-13)31-20(26)16-7-3-5-14-4-1-2-6-15(14)16;21-10-12-5-7-16(18(24)29-11-20(22,23)31(26,27)28)17(9-12)30-19(25)15-8-6-13-3-1-2-4-14(13)15/h1-11,21H,12-13H2,(H,30,31,32);1-2,5,12-14H,3-4,6-10H2,(H,28,29,30);1-10H,11-12H2,(H,27,28,29);1-9,15H,10-11H2,(H,26,27,28)/p-4. The lowest BCUT2D eigenvalue weighted by Crippen LogP contribution is -2.55. The molecule has 0 N–H and O–H groups in total. The van der Waals surface area contributed by atoms with Crippen molar-refractivity contribution < 1.29 is 168 Å². The molecular formula is C86H64B4F8O29S4-4. The Bertz CT molecular complexity index is 6480. The Morgan fingerprint density at radius 1 is 0.382 bits per heavy atom. The Hall–Kier alpha value is -12.3. The van der Waals surface area contributed by atoms with Crippen molar-refractivity contribution in [1.29, 1.82) is 0 Å².